The van der Waals surface area contributed by atoms with Gasteiger partial charge in [-0.3, -0.25) is 0 Å². The molecule has 4 aromatic rings. The third kappa shape index (κ3) is 3.12. The average Bonchev–Trinajstić information content (AvgIpc) is 3.36. The van der Waals surface area contributed by atoms with E-state index in [4.69, 9.17) is 9.72 Å². The summed E-state index contributed by atoms with van der Waals surface area (Å²) in [6, 6.07) is 7.47. The van der Waals surface area contributed by atoms with Gasteiger partial charge in [-0.15, -0.1) is 5.10 Å². The van der Waals surface area contributed by atoms with E-state index in [1.165, 1.54) is 18.2 Å². The molecule has 4 heterocycles. The van der Waals surface area contributed by atoms with Crippen molar-refractivity contribution >= 4 is 0 Å². The first-order chi connectivity index (χ1) is 17.9. The van der Waals surface area contributed by atoms with Gasteiger partial charge in [-0.05, 0) is 54.5 Å². The van der Waals surface area contributed by atoms with E-state index in [-0.39, 0.29) is 36.3 Å². The lowest BCUT2D eigenvalue weighted by Gasteiger charge is -2.34. The van der Waals surface area contributed by atoms with Crippen molar-refractivity contribution in [3.8, 4) is 22.6 Å². The van der Waals surface area contributed by atoms with E-state index in [0.717, 1.165) is 29.8 Å². The molecule has 186 valence electrons. The number of benzene rings is 1. The van der Waals surface area contributed by atoms with Crippen LogP contribution in [0.2, 0.25) is 0 Å². The molecule has 1 aromatic carbocycles. The summed E-state index contributed by atoms with van der Waals surface area (Å²) in [7, 11) is 0. The Labute approximate surface area is 210 Å². The number of aliphatic hydroxyl groups is 1. The number of halogens is 2. The molecule has 10 heteroatoms. The van der Waals surface area contributed by atoms with Crippen LogP contribution in [0.4, 0.5) is 8.78 Å². The fraction of sp³-hybridized carbons (Fsp3) is 0.333. The average molecular weight is 501 g/mol. The highest BCUT2D eigenvalue weighted by atomic mass is 19.1. The van der Waals surface area contributed by atoms with E-state index in [1.807, 2.05) is 6.07 Å². The van der Waals surface area contributed by atoms with Crippen molar-refractivity contribution in [2.75, 3.05) is 13.2 Å². The zero-order valence-corrected chi connectivity index (χ0v) is 19.9. The second-order valence-corrected chi connectivity index (χ2v) is 10.1. The van der Waals surface area contributed by atoms with Crippen LogP contribution >= 0.6 is 0 Å². The number of ether oxygens (including phenoxy) is 1. The summed E-state index contributed by atoms with van der Waals surface area (Å²) < 4.78 is 34.0. The maximum atomic E-state index is 14.5. The Bertz CT molecular complexity index is 1520. The molecule has 8 nitrogen and oxygen atoms in total. The van der Waals surface area contributed by atoms with Gasteiger partial charge in [-0.2, -0.15) is 5.10 Å². The van der Waals surface area contributed by atoms with Gasteiger partial charge in [0, 0.05) is 18.6 Å². The molecular weight excluding hydrogens is 478 g/mol. The predicted molar refractivity (Wildman–Crippen MR) is 127 cm³/mol. The standard InChI is InChI=1S/C27H22F2N6O2/c1-14-16-5-7-27(14,23-17(16)9-20(34-35-23)22-18(28)3-2-4-19(22)29)21-6-8-30-24(33-21)15-10-31-25(32-11-15)26(36)12-37-13-26/h2-4,6,8-11,14,16,36H,5,7,12-13H2,1H3/t14-,16-,27?/m1/s1. The summed E-state index contributed by atoms with van der Waals surface area (Å²) in [6.45, 7) is 2.51. The first-order valence-electron chi connectivity index (χ1n) is 12.2. The van der Waals surface area contributed by atoms with Crippen LogP contribution in [-0.4, -0.2) is 48.5 Å². The van der Waals surface area contributed by atoms with E-state index in [0.29, 0.717) is 17.2 Å². The normalized spacial score (nSPS) is 25.1. The monoisotopic (exact) mass is 500 g/mol. The SMILES string of the molecule is C[C@@H]1[C@H]2CCC1(c1ccnc(-c3cnc(C4(O)COC4)nc3)n1)c1nnc(-c3c(F)cccc3F)cc12. The Morgan fingerprint density at radius 1 is 1.03 bits per heavy atom. The molecule has 2 bridgehead atoms. The van der Waals surface area contributed by atoms with Crippen LogP contribution in [0.5, 0.6) is 0 Å². The summed E-state index contributed by atoms with van der Waals surface area (Å²) >= 11 is 0. The Morgan fingerprint density at radius 2 is 1.78 bits per heavy atom. The van der Waals surface area contributed by atoms with Crippen molar-refractivity contribution in [2.24, 2.45) is 5.92 Å². The Hall–Kier alpha value is -3.76. The molecule has 7 rings (SSSR count). The summed E-state index contributed by atoms with van der Waals surface area (Å²) in [5, 5.41) is 19.2. The minimum Gasteiger partial charge on any atom is -0.377 e. The number of rotatable bonds is 4. The second-order valence-electron chi connectivity index (χ2n) is 10.1. The van der Waals surface area contributed by atoms with Gasteiger partial charge in [0.25, 0.3) is 0 Å². The molecule has 3 aromatic heterocycles. The molecule has 1 N–H and O–H groups in total. The smallest absolute Gasteiger partial charge is 0.170 e. The van der Waals surface area contributed by atoms with Gasteiger partial charge < -0.3 is 9.84 Å². The first-order valence-corrected chi connectivity index (χ1v) is 12.2. The number of hydrogen-bond donors (Lipinski definition) is 1. The quantitative estimate of drug-likeness (QED) is 0.452. The van der Waals surface area contributed by atoms with Crippen LogP contribution < -0.4 is 0 Å². The zero-order valence-electron chi connectivity index (χ0n) is 19.9. The molecule has 1 saturated carbocycles. The summed E-state index contributed by atoms with van der Waals surface area (Å²) in [6.07, 6.45) is 6.67. The minimum absolute atomic E-state index is 0.159. The first kappa shape index (κ1) is 22.4. The number of nitrogens with zero attached hydrogens (tertiary/aromatic N) is 6. The van der Waals surface area contributed by atoms with Crippen molar-refractivity contribution < 1.29 is 18.6 Å². The molecule has 1 saturated heterocycles. The Morgan fingerprint density at radius 3 is 2.49 bits per heavy atom. The summed E-state index contributed by atoms with van der Waals surface area (Å²) in [5.41, 5.74) is 1.64. The largest absolute Gasteiger partial charge is 0.377 e. The highest BCUT2D eigenvalue weighted by Crippen LogP contribution is 2.62. The molecule has 1 unspecified atom stereocenters. The van der Waals surface area contributed by atoms with Crippen LogP contribution in [0.25, 0.3) is 22.6 Å². The maximum Gasteiger partial charge on any atom is 0.170 e. The fourth-order valence-corrected chi connectivity index (χ4v) is 6.20. The van der Waals surface area contributed by atoms with E-state index in [2.05, 4.69) is 32.1 Å². The lowest BCUT2D eigenvalue weighted by atomic mass is 9.75. The molecular formula is C27H22F2N6O2. The second kappa shape index (κ2) is 7.87. The molecule has 37 heavy (non-hydrogen) atoms. The van der Waals surface area contributed by atoms with E-state index < -0.39 is 22.7 Å². The zero-order chi connectivity index (χ0) is 25.4. The molecule has 2 aliphatic carbocycles. The molecule has 2 fully saturated rings. The van der Waals surface area contributed by atoms with Crippen LogP contribution in [0.15, 0.2) is 48.9 Å². The van der Waals surface area contributed by atoms with Gasteiger partial charge in [0.2, 0.25) is 0 Å². The topological polar surface area (TPSA) is 107 Å². The van der Waals surface area contributed by atoms with Crippen molar-refractivity contribution in [3.63, 3.8) is 0 Å². The summed E-state index contributed by atoms with van der Waals surface area (Å²) in [5.74, 6) is -0.183. The number of aromatic nitrogens is 6. The van der Waals surface area contributed by atoms with E-state index in [9.17, 15) is 13.9 Å². The third-order valence-corrected chi connectivity index (χ3v) is 8.22. The lowest BCUT2D eigenvalue weighted by Crippen LogP contribution is -2.47. The lowest BCUT2D eigenvalue weighted by molar-refractivity contribution is -0.189. The van der Waals surface area contributed by atoms with Gasteiger partial charge in [-0.1, -0.05) is 13.0 Å². The molecule has 3 atom stereocenters. The van der Waals surface area contributed by atoms with E-state index in [1.54, 1.807) is 24.7 Å². The molecule has 0 radical (unpaired) electrons. The van der Waals surface area contributed by atoms with Crippen LogP contribution in [0, 0.1) is 17.6 Å². The molecule has 1 aliphatic heterocycles. The Kier molecular flexibility index (Phi) is 4.77. The van der Waals surface area contributed by atoms with Gasteiger partial charge in [-0.25, -0.2) is 28.7 Å². The number of fused-ring (bicyclic) bond motifs is 5. The maximum absolute atomic E-state index is 14.5. The highest BCUT2D eigenvalue weighted by molar-refractivity contribution is 5.64. The highest BCUT2D eigenvalue weighted by Gasteiger charge is 2.58. The van der Waals surface area contributed by atoms with Gasteiger partial charge in [0.05, 0.1) is 46.8 Å². The number of hydrogen-bond acceptors (Lipinski definition) is 8. The van der Waals surface area contributed by atoms with Crippen LogP contribution in [-0.2, 0) is 15.8 Å². The van der Waals surface area contributed by atoms with Crippen molar-refractivity contribution in [2.45, 2.75) is 36.7 Å². The van der Waals surface area contributed by atoms with Gasteiger partial charge in [0.15, 0.2) is 17.2 Å². The Balaban J connectivity index is 1.28. The van der Waals surface area contributed by atoms with Crippen LogP contribution in [0.1, 0.15) is 48.5 Å². The predicted octanol–water partition coefficient (Wildman–Crippen LogP) is 3.70. The minimum atomic E-state index is -1.15. The van der Waals surface area contributed by atoms with Crippen molar-refractivity contribution in [3.05, 3.63) is 83.3 Å². The molecule has 0 amide bonds. The van der Waals surface area contributed by atoms with E-state index >= 15 is 0 Å². The summed E-state index contributed by atoms with van der Waals surface area (Å²) in [4.78, 5) is 18.0. The van der Waals surface area contributed by atoms with Gasteiger partial charge >= 0.3 is 0 Å². The van der Waals surface area contributed by atoms with Crippen molar-refractivity contribution in [1.82, 2.24) is 30.1 Å². The third-order valence-electron chi connectivity index (χ3n) is 8.22. The molecule has 3 aliphatic rings. The van der Waals surface area contributed by atoms with Crippen molar-refractivity contribution in [1.29, 1.82) is 0 Å². The molecule has 0 spiro atoms. The fourth-order valence-electron chi connectivity index (χ4n) is 6.20. The van der Waals surface area contributed by atoms with Gasteiger partial charge in [0.1, 0.15) is 11.6 Å². The van der Waals surface area contributed by atoms with Crippen LogP contribution in [0.3, 0.4) is 0 Å².